The Bertz CT molecular complexity index is 1340. The van der Waals surface area contributed by atoms with Crippen molar-refractivity contribution in [2.45, 2.75) is 37.7 Å². The Morgan fingerprint density at radius 1 is 1.12 bits per heavy atom. The molecule has 170 valence electrons. The van der Waals surface area contributed by atoms with Gasteiger partial charge in [-0.3, -0.25) is 9.36 Å². The van der Waals surface area contributed by atoms with Gasteiger partial charge >= 0.3 is 0 Å². The van der Waals surface area contributed by atoms with Crippen molar-refractivity contribution in [1.82, 2.24) is 14.5 Å². The van der Waals surface area contributed by atoms with Gasteiger partial charge in [0.25, 0.3) is 5.56 Å². The zero-order valence-corrected chi connectivity index (χ0v) is 20.8. The third kappa shape index (κ3) is 4.45. The SMILES string of the molecule is CCOc1ccc(-n2c(SCc3ccc(C)cc3)nc3sc4c(c3c2=O)CCN(C)C4)cc1. The summed E-state index contributed by atoms with van der Waals surface area (Å²) in [5.74, 6) is 1.55. The summed E-state index contributed by atoms with van der Waals surface area (Å²) >= 11 is 3.28. The van der Waals surface area contributed by atoms with E-state index in [1.165, 1.54) is 21.6 Å². The van der Waals surface area contributed by atoms with Gasteiger partial charge in [-0.2, -0.15) is 0 Å². The third-order valence-electron chi connectivity index (χ3n) is 5.93. The summed E-state index contributed by atoms with van der Waals surface area (Å²) in [6.07, 6.45) is 0.891. The molecule has 0 spiro atoms. The van der Waals surface area contributed by atoms with Gasteiger partial charge in [0.15, 0.2) is 5.16 Å². The number of hydrogen-bond acceptors (Lipinski definition) is 6. The van der Waals surface area contributed by atoms with Gasteiger partial charge < -0.3 is 9.64 Å². The summed E-state index contributed by atoms with van der Waals surface area (Å²) in [7, 11) is 2.13. The lowest BCUT2D eigenvalue weighted by Gasteiger charge is -2.21. The van der Waals surface area contributed by atoms with Crippen LogP contribution in [0.25, 0.3) is 15.9 Å². The molecule has 0 unspecified atom stereocenters. The molecule has 1 aliphatic rings. The van der Waals surface area contributed by atoms with Crippen LogP contribution in [0.2, 0.25) is 0 Å². The molecule has 5 nitrogen and oxygen atoms in total. The first-order chi connectivity index (χ1) is 16.0. The molecule has 0 bridgehead atoms. The minimum absolute atomic E-state index is 0.0256. The van der Waals surface area contributed by atoms with E-state index in [-0.39, 0.29) is 5.56 Å². The molecule has 0 atom stereocenters. The number of aryl methyl sites for hydroxylation is 1. The lowest BCUT2D eigenvalue weighted by molar-refractivity contribution is 0.318. The molecule has 3 heterocycles. The van der Waals surface area contributed by atoms with E-state index in [1.807, 2.05) is 31.2 Å². The second kappa shape index (κ2) is 9.33. The van der Waals surface area contributed by atoms with Crippen LogP contribution in [0.1, 0.15) is 28.5 Å². The van der Waals surface area contributed by atoms with Crippen LogP contribution in [0.4, 0.5) is 0 Å². The van der Waals surface area contributed by atoms with Crippen molar-refractivity contribution in [3.8, 4) is 11.4 Å². The number of benzene rings is 2. The second-order valence-corrected chi connectivity index (χ2v) is 10.4. The average Bonchev–Trinajstić information content (AvgIpc) is 3.17. The van der Waals surface area contributed by atoms with Gasteiger partial charge in [0.05, 0.1) is 17.7 Å². The van der Waals surface area contributed by atoms with Crippen molar-refractivity contribution in [2.24, 2.45) is 0 Å². The summed E-state index contributed by atoms with van der Waals surface area (Å²) in [6.45, 7) is 6.51. The van der Waals surface area contributed by atoms with Crippen LogP contribution in [0.3, 0.4) is 0 Å². The Hall–Kier alpha value is -2.61. The largest absolute Gasteiger partial charge is 0.494 e. The number of thiophene rings is 1. The fraction of sp³-hybridized carbons (Fsp3) is 0.308. The van der Waals surface area contributed by atoms with Crippen molar-refractivity contribution in [3.05, 3.63) is 80.5 Å². The Kier molecular flexibility index (Phi) is 6.27. The fourth-order valence-corrected chi connectivity index (χ4v) is 6.48. The van der Waals surface area contributed by atoms with Crippen LogP contribution in [0, 0.1) is 6.92 Å². The van der Waals surface area contributed by atoms with Gasteiger partial charge in [-0.15, -0.1) is 11.3 Å². The predicted molar refractivity (Wildman–Crippen MR) is 137 cm³/mol. The first kappa shape index (κ1) is 22.2. The molecule has 0 N–H and O–H groups in total. The molecule has 7 heteroatoms. The van der Waals surface area contributed by atoms with E-state index in [4.69, 9.17) is 9.72 Å². The number of thioether (sulfide) groups is 1. The third-order valence-corrected chi connectivity index (χ3v) is 8.05. The van der Waals surface area contributed by atoms with E-state index in [2.05, 4.69) is 43.1 Å². The maximum absolute atomic E-state index is 13.9. The van der Waals surface area contributed by atoms with Gasteiger partial charge in [-0.05, 0) is 62.7 Å². The quantitative estimate of drug-likeness (QED) is 0.274. The summed E-state index contributed by atoms with van der Waals surface area (Å²) in [5.41, 5.74) is 4.48. The Labute approximate surface area is 202 Å². The molecule has 2 aromatic carbocycles. The molecule has 0 radical (unpaired) electrons. The Morgan fingerprint density at radius 3 is 2.61 bits per heavy atom. The number of fused-ring (bicyclic) bond motifs is 3. The van der Waals surface area contributed by atoms with Crippen molar-refractivity contribution < 1.29 is 4.74 Å². The highest BCUT2D eigenvalue weighted by Crippen LogP contribution is 2.34. The average molecular weight is 478 g/mol. The number of likely N-dealkylation sites (N-methyl/N-ethyl adjacent to an activating group) is 1. The molecule has 0 aliphatic carbocycles. The van der Waals surface area contributed by atoms with E-state index in [9.17, 15) is 4.79 Å². The van der Waals surface area contributed by atoms with E-state index in [0.717, 1.165) is 52.1 Å². The van der Waals surface area contributed by atoms with Crippen molar-refractivity contribution in [3.63, 3.8) is 0 Å². The van der Waals surface area contributed by atoms with Crippen molar-refractivity contribution in [1.29, 1.82) is 0 Å². The maximum atomic E-state index is 13.9. The summed E-state index contributed by atoms with van der Waals surface area (Å²) in [6, 6.07) is 16.3. The van der Waals surface area contributed by atoms with Crippen LogP contribution < -0.4 is 10.3 Å². The first-order valence-corrected chi connectivity index (χ1v) is 13.0. The van der Waals surface area contributed by atoms with Crippen LogP contribution >= 0.6 is 23.1 Å². The normalized spacial score (nSPS) is 13.9. The van der Waals surface area contributed by atoms with E-state index in [0.29, 0.717) is 6.61 Å². The number of aromatic nitrogens is 2. The number of hydrogen-bond donors (Lipinski definition) is 0. The second-order valence-electron chi connectivity index (χ2n) is 8.41. The molecule has 0 saturated carbocycles. The van der Waals surface area contributed by atoms with Gasteiger partial charge in [-0.1, -0.05) is 41.6 Å². The summed E-state index contributed by atoms with van der Waals surface area (Å²) < 4.78 is 7.38. The number of nitrogens with zero attached hydrogens (tertiary/aromatic N) is 3. The predicted octanol–water partition coefficient (Wildman–Crippen LogP) is 5.43. The molecule has 0 fully saturated rings. The highest BCUT2D eigenvalue weighted by molar-refractivity contribution is 7.98. The van der Waals surface area contributed by atoms with Gasteiger partial charge in [0.1, 0.15) is 10.6 Å². The van der Waals surface area contributed by atoms with Gasteiger partial charge in [-0.25, -0.2) is 4.98 Å². The molecule has 4 aromatic rings. The minimum atomic E-state index is 0.0256. The number of ether oxygens (including phenoxy) is 1. The molecule has 0 amide bonds. The highest BCUT2D eigenvalue weighted by atomic mass is 32.2. The minimum Gasteiger partial charge on any atom is -0.494 e. The molecular weight excluding hydrogens is 450 g/mol. The summed E-state index contributed by atoms with van der Waals surface area (Å²) in [5, 5.41) is 1.51. The van der Waals surface area contributed by atoms with Gasteiger partial charge in [0.2, 0.25) is 0 Å². The Balaban J connectivity index is 1.62. The molecule has 2 aromatic heterocycles. The highest BCUT2D eigenvalue weighted by Gasteiger charge is 2.24. The fourth-order valence-electron chi connectivity index (χ4n) is 4.17. The molecule has 33 heavy (non-hydrogen) atoms. The first-order valence-electron chi connectivity index (χ1n) is 11.2. The molecule has 5 rings (SSSR count). The van der Waals surface area contributed by atoms with Crippen LogP contribution in [-0.2, 0) is 18.7 Å². The molecule has 1 aliphatic heterocycles. The molecular formula is C26H27N3O2S2. The zero-order chi connectivity index (χ0) is 22.9. The standard InChI is InChI=1S/C26H27N3O2S2/c1-4-31-20-11-9-19(10-12-20)29-25(30)23-21-13-14-28(3)15-22(21)33-24(23)27-26(29)32-16-18-7-5-17(2)6-8-18/h5-12H,4,13-16H2,1-3H3. The van der Waals surface area contributed by atoms with Crippen LogP contribution in [0.15, 0.2) is 58.5 Å². The number of rotatable bonds is 6. The monoisotopic (exact) mass is 477 g/mol. The van der Waals surface area contributed by atoms with Crippen molar-refractivity contribution >= 4 is 33.3 Å². The zero-order valence-electron chi connectivity index (χ0n) is 19.1. The van der Waals surface area contributed by atoms with E-state index >= 15 is 0 Å². The lowest BCUT2D eigenvalue weighted by atomic mass is 10.1. The topological polar surface area (TPSA) is 47.4 Å². The smallest absolute Gasteiger partial charge is 0.267 e. The van der Waals surface area contributed by atoms with Crippen LogP contribution in [-0.4, -0.2) is 34.7 Å². The van der Waals surface area contributed by atoms with E-state index < -0.39 is 0 Å². The Morgan fingerprint density at radius 2 is 1.88 bits per heavy atom. The van der Waals surface area contributed by atoms with E-state index in [1.54, 1.807) is 27.7 Å². The maximum Gasteiger partial charge on any atom is 0.267 e. The van der Waals surface area contributed by atoms with Crippen LogP contribution in [0.5, 0.6) is 5.75 Å². The molecule has 0 saturated heterocycles. The summed E-state index contributed by atoms with van der Waals surface area (Å²) in [4.78, 5) is 23.4. The van der Waals surface area contributed by atoms with Crippen molar-refractivity contribution in [2.75, 3.05) is 20.2 Å². The lowest BCUT2D eigenvalue weighted by Crippen LogP contribution is -2.27. The van der Waals surface area contributed by atoms with Gasteiger partial charge in [0, 0.05) is 23.7 Å².